The lowest BCUT2D eigenvalue weighted by atomic mass is 10.1. The molecule has 1 atom stereocenters. The van der Waals surface area contributed by atoms with Crippen molar-refractivity contribution in [3.63, 3.8) is 0 Å². The monoisotopic (exact) mass is 404 g/mol. The second kappa shape index (κ2) is 7.26. The lowest BCUT2D eigenvalue weighted by molar-refractivity contribution is -0.135. The Morgan fingerprint density at radius 1 is 1.21 bits per heavy atom. The number of benzene rings is 2. The average Bonchev–Trinajstić information content (AvgIpc) is 3.36. The third kappa shape index (κ3) is 3.42. The highest BCUT2D eigenvalue weighted by Crippen LogP contribution is 2.42. The van der Waals surface area contributed by atoms with Crippen LogP contribution in [0.15, 0.2) is 48.5 Å². The average molecular weight is 405 g/mol. The molecular formula is C23H24N4OS. The predicted octanol–water partition coefficient (Wildman–Crippen LogP) is 4.59. The number of aromatic nitrogens is 3. The van der Waals surface area contributed by atoms with Crippen molar-refractivity contribution in [2.45, 2.75) is 51.2 Å². The van der Waals surface area contributed by atoms with E-state index in [-0.39, 0.29) is 18.5 Å². The summed E-state index contributed by atoms with van der Waals surface area (Å²) in [7, 11) is 0. The van der Waals surface area contributed by atoms with E-state index in [2.05, 4.69) is 45.4 Å². The fourth-order valence-corrected chi connectivity index (χ4v) is 4.69. The Kier molecular flexibility index (Phi) is 4.59. The van der Waals surface area contributed by atoms with Crippen molar-refractivity contribution in [2.24, 2.45) is 0 Å². The van der Waals surface area contributed by atoms with Crippen LogP contribution in [0.25, 0.3) is 11.4 Å². The van der Waals surface area contributed by atoms with Crippen LogP contribution in [0.4, 0.5) is 0 Å². The number of amides is 1. The van der Waals surface area contributed by atoms with Crippen LogP contribution in [0, 0.1) is 11.7 Å². The summed E-state index contributed by atoms with van der Waals surface area (Å²) in [4.78, 5) is 15.6. The van der Waals surface area contributed by atoms with Crippen LogP contribution in [0.2, 0.25) is 0 Å². The van der Waals surface area contributed by atoms with E-state index >= 15 is 0 Å². The van der Waals surface area contributed by atoms with Gasteiger partial charge < -0.3 is 4.90 Å². The van der Waals surface area contributed by atoms with Crippen molar-refractivity contribution in [1.29, 1.82) is 0 Å². The summed E-state index contributed by atoms with van der Waals surface area (Å²) in [5.41, 5.74) is 4.80. The minimum atomic E-state index is 0.126. The normalized spacial score (nSPS) is 17.9. The van der Waals surface area contributed by atoms with Crippen LogP contribution in [0.1, 0.15) is 42.0 Å². The van der Waals surface area contributed by atoms with E-state index in [1.165, 1.54) is 11.1 Å². The van der Waals surface area contributed by atoms with Gasteiger partial charge in [0.2, 0.25) is 5.91 Å². The molecule has 1 unspecified atom stereocenters. The van der Waals surface area contributed by atoms with Gasteiger partial charge in [-0.3, -0.25) is 14.5 Å². The van der Waals surface area contributed by atoms with Crippen LogP contribution in [0.3, 0.4) is 0 Å². The van der Waals surface area contributed by atoms with Crippen LogP contribution in [-0.4, -0.2) is 31.6 Å². The number of nitrogens with one attached hydrogen (secondary N) is 1. The van der Waals surface area contributed by atoms with Crippen LogP contribution in [-0.2, 0) is 17.8 Å². The first-order valence-electron chi connectivity index (χ1n) is 10.2. The molecule has 3 aromatic rings. The molecule has 29 heavy (non-hydrogen) atoms. The molecule has 5 rings (SSSR count). The van der Waals surface area contributed by atoms with Gasteiger partial charge >= 0.3 is 0 Å². The van der Waals surface area contributed by atoms with Crippen LogP contribution >= 0.6 is 12.2 Å². The first-order valence-corrected chi connectivity index (χ1v) is 10.6. The highest BCUT2D eigenvalue weighted by atomic mass is 32.1. The van der Waals surface area contributed by atoms with E-state index in [1.54, 1.807) is 0 Å². The van der Waals surface area contributed by atoms with E-state index in [1.807, 2.05) is 29.7 Å². The summed E-state index contributed by atoms with van der Waals surface area (Å²) < 4.78 is 2.32. The first-order chi connectivity index (χ1) is 14.1. The first kappa shape index (κ1) is 18.3. The highest BCUT2D eigenvalue weighted by molar-refractivity contribution is 7.71. The summed E-state index contributed by atoms with van der Waals surface area (Å²) in [6.45, 7) is 2.26. The number of carbonyl (C=O) groups excluding carboxylic acids is 1. The molecule has 5 nitrogen and oxygen atoms in total. The van der Waals surface area contributed by atoms with Crippen molar-refractivity contribution in [3.05, 3.63) is 70.0 Å². The number of carbonyl (C=O) groups is 1. The van der Waals surface area contributed by atoms with Gasteiger partial charge in [-0.1, -0.05) is 48.0 Å². The molecule has 1 N–H and O–H groups in total. The lowest BCUT2D eigenvalue weighted by Gasteiger charge is -2.30. The Morgan fingerprint density at radius 2 is 2.03 bits per heavy atom. The molecule has 1 fully saturated rings. The fraction of sp³-hybridized carbons (Fsp3) is 0.348. The predicted molar refractivity (Wildman–Crippen MR) is 115 cm³/mol. The maximum absolute atomic E-state index is 13.5. The van der Waals surface area contributed by atoms with Gasteiger partial charge in [0.25, 0.3) is 0 Å². The minimum absolute atomic E-state index is 0.126. The third-order valence-electron chi connectivity index (χ3n) is 5.99. The molecule has 6 heteroatoms. The molecule has 1 amide bonds. The summed E-state index contributed by atoms with van der Waals surface area (Å²) in [6.07, 6.45) is 4.22. The molecule has 0 radical (unpaired) electrons. The third-order valence-corrected chi connectivity index (χ3v) is 6.30. The number of aryl methyl sites for hydroxylation is 2. The van der Waals surface area contributed by atoms with Gasteiger partial charge in [0.05, 0.1) is 6.04 Å². The smallest absolute Gasteiger partial charge is 0.243 e. The zero-order valence-corrected chi connectivity index (χ0v) is 17.3. The van der Waals surface area contributed by atoms with Crippen molar-refractivity contribution in [2.75, 3.05) is 0 Å². The number of H-pyrrole nitrogens is 1. The zero-order chi connectivity index (χ0) is 20.0. The Balaban J connectivity index is 1.46. The number of fused-ring (bicyclic) bond motifs is 1. The summed E-state index contributed by atoms with van der Waals surface area (Å²) in [5, 5.41) is 7.28. The van der Waals surface area contributed by atoms with Gasteiger partial charge in [-0.05, 0) is 62.0 Å². The SMILES string of the molecule is Cc1cccc(-c2n[nH]c(=S)n2CC(=O)N(C2CC2)C2CCc3ccccc32)c1. The molecule has 1 aromatic heterocycles. The number of hydrogen-bond acceptors (Lipinski definition) is 3. The van der Waals surface area contributed by atoms with E-state index in [0.29, 0.717) is 10.8 Å². The van der Waals surface area contributed by atoms with Crippen LogP contribution in [0.5, 0.6) is 0 Å². The molecule has 148 valence electrons. The Labute approximate surface area is 175 Å². The maximum atomic E-state index is 13.5. The van der Waals surface area contributed by atoms with Gasteiger partial charge in [-0.25, -0.2) is 0 Å². The van der Waals surface area contributed by atoms with E-state index in [4.69, 9.17) is 12.2 Å². The molecule has 2 aliphatic rings. The van der Waals surface area contributed by atoms with Crippen LogP contribution < -0.4 is 0 Å². The second-order valence-electron chi connectivity index (χ2n) is 8.09. The van der Waals surface area contributed by atoms with Gasteiger partial charge in [-0.2, -0.15) is 5.10 Å². The van der Waals surface area contributed by atoms with E-state index in [0.717, 1.165) is 42.6 Å². The molecule has 0 spiro atoms. The molecule has 1 saturated carbocycles. The fourth-order valence-electron chi connectivity index (χ4n) is 4.49. The molecule has 0 bridgehead atoms. The van der Waals surface area contributed by atoms with Crippen molar-refractivity contribution in [3.8, 4) is 11.4 Å². The molecule has 2 aromatic carbocycles. The molecule has 2 aliphatic carbocycles. The molecule has 0 saturated heterocycles. The Hall–Kier alpha value is -2.73. The van der Waals surface area contributed by atoms with E-state index < -0.39 is 0 Å². The number of nitrogens with zero attached hydrogens (tertiary/aromatic N) is 3. The quantitative estimate of drug-likeness (QED) is 0.633. The standard InChI is InChI=1S/C23H24N4OS/c1-15-5-4-7-17(13-15)22-24-25-23(29)26(22)14-21(28)27(18-10-11-18)20-12-9-16-6-2-3-8-19(16)20/h2-8,13,18,20H,9-12,14H2,1H3,(H,25,29). The second-order valence-corrected chi connectivity index (χ2v) is 8.48. The number of rotatable bonds is 5. The van der Waals surface area contributed by atoms with Gasteiger partial charge in [-0.15, -0.1) is 0 Å². The minimum Gasteiger partial charge on any atom is -0.331 e. The van der Waals surface area contributed by atoms with Gasteiger partial charge in [0.1, 0.15) is 6.54 Å². The van der Waals surface area contributed by atoms with Crippen molar-refractivity contribution in [1.82, 2.24) is 19.7 Å². The molecular weight excluding hydrogens is 380 g/mol. The van der Waals surface area contributed by atoms with Gasteiger partial charge in [0, 0.05) is 11.6 Å². The number of aromatic amines is 1. The zero-order valence-electron chi connectivity index (χ0n) is 16.5. The summed E-state index contributed by atoms with van der Waals surface area (Å²) >= 11 is 5.46. The van der Waals surface area contributed by atoms with E-state index in [9.17, 15) is 4.79 Å². The number of hydrogen-bond donors (Lipinski definition) is 1. The summed E-state index contributed by atoms with van der Waals surface area (Å²) in [5.74, 6) is 0.843. The Bertz CT molecular complexity index is 1130. The largest absolute Gasteiger partial charge is 0.331 e. The highest BCUT2D eigenvalue weighted by Gasteiger charge is 2.40. The summed E-state index contributed by atoms with van der Waals surface area (Å²) in [6, 6.07) is 17.2. The van der Waals surface area contributed by atoms with Crippen molar-refractivity contribution >= 4 is 18.1 Å². The van der Waals surface area contributed by atoms with Gasteiger partial charge in [0.15, 0.2) is 10.6 Å². The maximum Gasteiger partial charge on any atom is 0.243 e. The Morgan fingerprint density at radius 3 is 2.83 bits per heavy atom. The lowest BCUT2D eigenvalue weighted by Crippen LogP contribution is -2.38. The topological polar surface area (TPSA) is 53.9 Å². The molecule has 0 aliphatic heterocycles. The van der Waals surface area contributed by atoms with Crippen molar-refractivity contribution < 1.29 is 4.79 Å². The molecule has 1 heterocycles.